The summed E-state index contributed by atoms with van der Waals surface area (Å²) < 4.78 is 5.48. The van der Waals surface area contributed by atoms with E-state index in [4.69, 9.17) is 4.74 Å². The summed E-state index contributed by atoms with van der Waals surface area (Å²) in [5, 5.41) is 23.2. The first-order valence-corrected chi connectivity index (χ1v) is 29.6. The van der Waals surface area contributed by atoms with Gasteiger partial charge in [-0.3, -0.25) is 9.59 Å². The number of carbonyl (C=O) groups excluding carboxylic acids is 2. The van der Waals surface area contributed by atoms with Gasteiger partial charge in [-0.25, -0.2) is 0 Å². The lowest BCUT2D eigenvalue weighted by molar-refractivity contribution is -0.143. The minimum absolute atomic E-state index is 0.0131. The zero-order valence-corrected chi connectivity index (χ0v) is 44.4. The summed E-state index contributed by atoms with van der Waals surface area (Å²) >= 11 is 0. The molecule has 6 heteroatoms. The van der Waals surface area contributed by atoms with Crippen LogP contribution < -0.4 is 5.32 Å². The number of nitrogens with one attached hydrogen (secondary N) is 1. The fourth-order valence-corrected chi connectivity index (χ4v) is 9.16. The number of amides is 1. The Hall–Kier alpha value is -1.66. The van der Waals surface area contributed by atoms with Crippen LogP contribution >= 0.6 is 0 Å². The Kier molecular flexibility index (Phi) is 54.5. The second kappa shape index (κ2) is 55.9. The van der Waals surface area contributed by atoms with E-state index in [2.05, 4.69) is 31.3 Å². The minimum atomic E-state index is -0.855. The van der Waals surface area contributed by atoms with Crippen molar-refractivity contribution in [1.29, 1.82) is 0 Å². The predicted molar refractivity (Wildman–Crippen MR) is 287 cm³/mol. The van der Waals surface area contributed by atoms with E-state index in [1.807, 2.05) is 6.08 Å². The van der Waals surface area contributed by atoms with Gasteiger partial charge >= 0.3 is 5.97 Å². The summed E-state index contributed by atoms with van der Waals surface area (Å²) in [5.41, 5.74) is 0. The number of hydrogen-bond acceptors (Lipinski definition) is 5. The smallest absolute Gasteiger partial charge is 0.305 e. The van der Waals surface area contributed by atoms with Crippen molar-refractivity contribution in [2.24, 2.45) is 0 Å². The number of ether oxygens (including phenoxy) is 1. The van der Waals surface area contributed by atoms with Gasteiger partial charge in [0.1, 0.15) is 0 Å². The maximum Gasteiger partial charge on any atom is 0.305 e. The van der Waals surface area contributed by atoms with E-state index in [9.17, 15) is 19.8 Å². The van der Waals surface area contributed by atoms with E-state index in [0.717, 1.165) is 57.8 Å². The van der Waals surface area contributed by atoms with Crippen LogP contribution in [0.25, 0.3) is 0 Å². The number of unbranched alkanes of at least 4 members (excludes halogenated alkanes) is 42. The summed E-state index contributed by atoms with van der Waals surface area (Å²) in [6, 6.07) is -0.640. The Balaban J connectivity index is 3.48. The molecule has 2 atom stereocenters. The third-order valence-electron chi connectivity index (χ3n) is 13.7. The Labute approximate surface area is 411 Å². The van der Waals surface area contributed by atoms with Gasteiger partial charge in [-0.1, -0.05) is 276 Å². The number of carbonyl (C=O) groups is 2. The average Bonchev–Trinajstić information content (AvgIpc) is 3.32. The van der Waals surface area contributed by atoms with Gasteiger partial charge in [-0.05, 0) is 57.8 Å². The normalized spacial score (nSPS) is 12.7. The molecule has 0 aliphatic rings. The van der Waals surface area contributed by atoms with Crippen LogP contribution in [0.3, 0.4) is 0 Å². The molecule has 0 fully saturated rings. The summed E-state index contributed by atoms with van der Waals surface area (Å²) in [5.74, 6) is -0.0943. The van der Waals surface area contributed by atoms with Gasteiger partial charge in [-0.2, -0.15) is 0 Å². The van der Waals surface area contributed by atoms with Crippen molar-refractivity contribution in [3.8, 4) is 0 Å². The van der Waals surface area contributed by atoms with Crippen molar-refractivity contribution >= 4 is 11.9 Å². The van der Waals surface area contributed by atoms with Gasteiger partial charge in [0.2, 0.25) is 5.91 Å². The molecule has 2 unspecified atom stereocenters. The van der Waals surface area contributed by atoms with E-state index < -0.39 is 12.1 Å². The Morgan fingerprint density at radius 1 is 0.409 bits per heavy atom. The first-order valence-electron chi connectivity index (χ1n) is 29.6. The maximum atomic E-state index is 12.5. The highest BCUT2D eigenvalue weighted by Crippen LogP contribution is 2.17. The zero-order chi connectivity index (χ0) is 47.9. The first kappa shape index (κ1) is 64.3. The monoisotopic (exact) mass is 930 g/mol. The van der Waals surface area contributed by atoms with Crippen LogP contribution in [0.1, 0.15) is 322 Å². The Morgan fingerprint density at radius 2 is 0.712 bits per heavy atom. The topological polar surface area (TPSA) is 95.9 Å². The van der Waals surface area contributed by atoms with Crippen molar-refractivity contribution < 1.29 is 24.5 Å². The highest BCUT2D eigenvalue weighted by atomic mass is 16.5. The average molecular weight is 931 g/mol. The summed E-state index contributed by atoms with van der Waals surface area (Å²) in [7, 11) is 0. The molecule has 0 rings (SSSR count). The largest absolute Gasteiger partial charge is 0.466 e. The number of hydrogen-bond donors (Lipinski definition) is 3. The van der Waals surface area contributed by atoms with Gasteiger partial charge in [-0.15, -0.1) is 0 Å². The van der Waals surface area contributed by atoms with E-state index in [1.54, 1.807) is 6.08 Å². The van der Waals surface area contributed by atoms with Gasteiger partial charge in [0.15, 0.2) is 0 Å². The molecule has 0 aromatic carbocycles. The standard InChI is InChI=1S/C60H115NO5/c1-3-5-7-9-11-13-15-17-19-21-23-24-26-28-32-36-40-44-48-52-58(63)57(56-62)61-59(64)53-49-45-41-37-33-30-31-35-39-43-47-51-55-66-60(65)54-50-46-42-38-34-29-27-25-22-20-18-16-14-12-10-8-6-4-2/h20,22,48,52,57-58,62-63H,3-19,21,23-47,49-51,53-56H2,1-2H3,(H,61,64)/b22-20-,52-48+. The molecular formula is C60H115NO5. The molecule has 6 nitrogen and oxygen atoms in total. The molecule has 0 heterocycles. The summed E-state index contributed by atoms with van der Waals surface area (Å²) in [4.78, 5) is 24.6. The van der Waals surface area contributed by atoms with Gasteiger partial charge in [0.05, 0.1) is 25.4 Å². The van der Waals surface area contributed by atoms with Crippen molar-refractivity contribution in [2.75, 3.05) is 13.2 Å². The van der Waals surface area contributed by atoms with Crippen LogP contribution in [0.2, 0.25) is 0 Å². The number of allylic oxidation sites excluding steroid dienone is 3. The lowest BCUT2D eigenvalue weighted by atomic mass is 10.0. The molecule has 0 aliphatic carbocycles. The third-order valence-corrected chi connectivity index (χ3v) is 13.7. The number of aliphatic hydroxyl groups excluding tert-OH is 2. The van der Waals surface area contributed by atoms with E-state index >= 15 is 0 Å². The minimum Gasteiger partial charge on any atom is -0.466 e. The Bertz CT molecular complexity index is 1030. The van der Waals surface area contributed by atoms with Gasteiger partial charge in [0, 0.05) is 12.8 Å². The first-order chi connectivity index (χ1) is 32.5. The summed E-state index contributed by atoms with van der Waals surface area (Å²) in [6.07, 6.45) is 67.7. The molecule has 0 aromatic heterocycles. The molecule has 0 aromatic rings. The zero-order valence-electron chi connectivity index (χ0n) is 44.4. The second-order valence-corrected chi connectivity index (χ2v) is 20.3. The van der Waals surface area contributed by atoms with Crippen molar-refractivity contribution in [1.82, 2.24) is 5.32 Å². The Morgan fingerprint density at radius 3 is 1.08 bits per heavy atom. The van der Waals surface area contributed by atoms with E-state index in [-0.39, 0.29) is 18.5 Å². The van der Waals surface area contributed by atoms with Crippen molar-refractivity contribution in [2.45, 2.75) is 334 Å². The van der Waals surface area contributed by atoms with Crippen LogP contribution in [-0.4, -0.2) is 47.4 Å². The van der Waals surface area contributed by atoms with Gasteiger partial charge in [0.25, 0.3) is 0 Å². The lowest BCUT2D eigenvalue weighted by Gasteiger charge is -2.20. The number of esters is 1. The van der Waals surface area contributed by atoms with Crippen molar-refractivity contribution in [3.05, 3.63) is 24.3 Å². The molecule has 390 valence electrons. The van der Waals surface area contributed by atoms with Crippen LogP contribution in [0, 0.1) is 0 Å². The van der Waals surface area contributed by atoms with Crippen LogP contribution in [0.15, 0.2) is 24.3 Å². The van der Waals surface area contributed by atoms with Crippen LogP contribution in [0.5, 0.6) is 0 Å². The van der Waals surface area contributed by atoms with Crippen LogP contribution in [-0.2, 0) is 14.3 Å². The molecule has 1 amide bonds. The quantitative estimate of drug-likeness (QED) is 0.0321. The summed E-state index contributed by atoms with van der Waals surface area (Å²) in [6.45, 7) is 4.89. The van der Waals surface area contributed by atoms with Gasteiger partial charge < -0.3 is 20.3 Å². The molecule has 66 heavy (non-hydrogen) atoms. The molecular weight excluding hydrogens is 815 g/mol. The highest BCUT2D eigenvalue weighted by molar-refractivity contribution is 5.76. The molecule has 0 bridgehead atoms. The molecule has 0 spiro atoms. The van der Waals surface area contributed by atoms with E-state index in [0.29, 0.717) is 19.4 Å². The molecule has 0 radical (unpaired) electrons. The fourth-order valence-electron chi connectivity index (χ4n) is 9.16. The lowest BCUT2D eigenvalue weighted by Crippen LogP contribution is -2.45. The third kappa shape index (κ3) is 51.7. The maximum absolute atomic E-state index is 12.5. The predicted octanol–water partition coefficient (Wildman–Crippen LogP) is 18.2. The van der Waals surface area contributed by atoms with Crippen molar-refractivity contribution in [3.63, 3.8) is 0 Å². The SMILES string of the molecule is CCCCCCCCC/C=C\CCCCCCCCCC(=O)OCCCCCCCCCCCCCCC(=O)NC(CO)C(O)/C=C/CCCCCCCCCCCCCCCCCCC. The van der Waals surface area contributed by atoms with Crippen LogP contribution in [0.4, 0.5) is 0 Å². The molecule has 3 N–H and O–H groups in total. The second-order valence-electron chi connectivity index (χ2n) is 20.3. The van der Waals surface area contributed by atoms with E-state index in [1.165, 1.54) is 238 Å². The molecule has 0 aliphatic heterocycles. The fraction of sp³-hybridized carbons (Fsp3) is 0.900. The number of aliphatic hydroxyl groups is 2. The highest BCUT2D eigenvalue weighted by Gasteiger charge is 2.18. The molecule has 0 saturated heterocycles. The number of rotatable bonds is 55. The molecule has 0 saturated carbocycles.